The third-order valence-electron chi connectivity index (χ3n) is 17.7. The Labute approximate surface area is 477 Å². The van der Waals surface area contributed by atoms with Gasteiger partial charge in [-0.25, -0.2) is 0 Å². The summed E-state index contributed by atoms with van der Waals surface area (Å²) in [5.74, 6) is 0. The van der Waals surface area contributed by atoms with Crippen molar-refractivity contribution >= 4 is 68.4 Å². The van der Waals surface area contributed by atoms with E-state index in [-0.39, 0.29) is 0 Å². The van der Waals surface area contributed by atoms with Crippen LogP contribution in [0.1, 0.15) is 66.8 Å². The maximum atomic E-state index is 2.57. The molecule has 0 saturated heterocycles. The van der Waals surface area contributed by atoms with Gasteiger partial charge < -0.3 is 9.80 Å². The number of hydrogen-bond donors (Lipinski definition) is 0. The molecular formula is C76H54N2S2. The lowest BCUT2D eigenvalue weighted by Crippen LogP contribution is -2.29. The molecule has 0 unspecified atom stereocenters. The monoisotopic (exact) mass is 1060 g/mol. The van der Waals surface area contributed by atoms with Crippen LogP contribution in [-0.4, -0.2) is 0 Å². The molecule has 2 heterocycles. The molecule has 0 N–H and O–H groups in total. The lowest BCUT2D eigenvalue weighted by atomic mass is 9.67. The van der Waals surface area contributed by atoms with Gasteiger partial charge in [-0.3, -0.25) is 0 Å². The number of aryl methyl sites for hydroxylation is 4. The molecule has 0 bridgehead atoms. The van der Waals surface area contributed by atoms with E-state index in [4.69, 9.17) is 0 Å². The molecule has 2 aliphatic carbocycles. The molecule has 0 saturated carbocycles. The van der Waals surface area contributed by atoms with E-state index in [0.29, 0.717) is 0 Å². The van der Waals surface area contributed by atoms with Gasteiger partial charge in [0.15, 0.2) is 0 Å². The number of benzene rings is 12. The number of fused-ring (bicyclic) bond motifs is 11. The molecule has 380 valence electrons. The number of nitrogens with zero attached hydrogens (tertiary/aromatic N) is 2. The van der Waals surface area contributed by atoms with Gasteiger partial charge in [-0.1, -0.05) is 240 Å². The van der Waals surface area contributed by atoms with Crippen molar-refractivity contribution in [3.8, 4) is 22.3 Å². The Balaban J connectivity index is 0.929. The molecule has 0 amide bonds. The van der Waals surface area contributed by atoms with Crippen molar-refractivity contribution in [2.24, 2.45) is 0 Å². The van der Waals surface area contributed by atoms with E-state index in [1.807, 2.05) is 23.5 Å². The highest BCUT2D eigenvalue weighted by Crippen LogP contribution is 2.64. The molecular weight excluding hydrogens is 1000 g/mol. The lowest BCUT2D eigenvalue weighted by molar-refractivity contribution is 0.766. The van der Waals surface area contributed by atoms with Crippen molar-refractivity contribution < 1.29 is 0 Å². The van der Waals surface area contributed by atoms with Gasteiger partial charge in [0.2, 0.25) is 0 Å². The molecule has 0 atom stereocenters. The maximum Gasteiger partial charge on any atom is 0.0714 e. The van der Waals surface area contributed by atoms with Gasteiger partial charge in [-0.2, -0.15) is 0 Å². The summed E-state index contributed by atoms with van der Waals surface area (Å²) in [5.41, 5.74) is 26.4. The van der Waals surface area contributed by atoms with E-state index >= 15 is 0 Å². The second-order valence-electron chi connectivity index (χ2n) is 22.2. The smallest absolute Gasteiger partial charge is 0.0714 e. The predicted molar refractivity (Wildman–Crippen MR) is 335 cm³/mol. The number of anilines is 6. The first-order chi connectivity index (χ1) is 39.3. The Morgan fingerprint density at radius 3 is 0.950 bits per heavy atom. The largest absolute Gasteiger partial charge is 0.308 e. The highest BCUT2D eigenvalue weighted by molar-refractivity contribution is 8.00. The summed E-state index contributed by atoms with van der Waals surface area (Å²) in [6.45, 7) is 8.75. The van der Waals surface area contributed by atoms with E-state index < -0.39 is 10.8 Å². The van der Waals surface area contributed by atoms with Crippen molar-refractivity contribution in [3.05, 3.63) is 322 Å². The summed E-state index contributed by atoms with van der Waals surface area (Å²) in [6.07, 6.45) is 0. The van der Waals surface area contributed by atoms with Gasteiger partial charge in [0.25, 0.3) is 0 Å². The first-order valence-corrected chi connectivity index (χ1v) is 29.4. The second-order valence-corrected chi connectivity index (χ2v) is 24.4. The molecule has 0 aromatic heterocycles. The summed E-state index contributed by atoms with van der Waals surface area (Å²) in [6, 6.07) is 97.4. The quantitative estimate of drug-likeness (QED) is 0.164. The summed E-state index contributed by atoms with van der Waals surface area (Å²) in [7, 11) is 0. The topological polar surface area (TPSA) is 6.48 Å². The van der Waals surface area contributed by atoms with Crippen molar-refractivity contribution in [1.82, 2.24) is 0 Å². The first-order valence-electron chi connectivity index (χ1n) is 27.8. The van der Waals surface area contributed by atoms with Crippen LogP contribution >= 0.6 is 23.5 Å². The zero-order valence-electron chi connectivity index (χ0n) is 45.0. The van der Waals surface area contributed by atoms with Gasteiger partial charge in [0.1, 0.15) is 0 Å². The standard InChI is InChI=1S/C76H54N2S2/c1-47-27-35-51(36-28-47)75(52-37-29-48(2)30-38-52)61-19-7-5-15-55(61)59-43-73-69(45-63(59)75)77(67-21-9-11-25-71(67)79-73)65-23-13-18-58-57(65)17-14-24-66(58)78-68-22-10-12-26-72(68)80-74-44-60-56-16-6-8-20-62(56)76(64(60)46-70(74)78,53-39-31-49(3)32-40-53)54-41-33-50(4)34-42-54/h5-46H,1-4H3. The molecule has 16 rings (SSSR count). The highest BCUT2D eigenvalue weighted by Gasteiger charge is 2.49. The van der Waals surface area contributed by atoms with Crippen LogP contribution in [-0.2, 0) is 10.8 Å². The van der Waals surface area contributed by atoms with Crippen LogP contribution in [0.2, 0.25) is 0 Å². The van der Waals surface area contributed by atoms with Crippen molar-refractivity contribution in [1.29, 1.82) is 0 Å². The molecule has 0 radical (unpaired) electrons. The molecule has 0 spiro atoms. The fourth-order valence-electron chi connectivity index (χ4n) is 14.0. The van der Waals surface area contributed by atoms with E-state index in [1.165, 1.54) is 142 Å². The van der Waals surface area contributed by atoms with Crippen molar-refractivity contribution in [3.63, 3.8) is 0 Å². The summed E-state index contributed by atoms with van der Waals surface area (Å²) in [5, 5.41) is 2.37. The zero-order valence-corrected chi connectivity index (χ0v) is 46.6. The van der Waals surface area contributed by atoms with Crippen molar-refractivity contribution in [2.45, 2.75) is 58.1 Å². The molecule has 12 aromatic carbocycles. The molecule has 80 heavy (non-hydrogen) atoms. The van der Waals surface area contributed by atoms with Gasteiger partial charge >= 0.3 is 0 Å². The first kappa shape index (κ1) is 47.2. The van der Waals surface area contributed by atoms with E-state index in [9.17, 15) is 0 Å². The molecule has 0 fully saturated rings. The van der Waals surface area contributed by atoms with E-state index in [2.05, 4.69) is 292 Å². The summed E-state index contributed by atoms with van der Waals surface area (Å²) >= 11 is 3.77. The maximum absolute atomic E-state index is 2.57. The number of hydrogen-bond acceptors (Lipinski definition) is 4. The molecule has 12 aromatic rings. The van der Waals surface area contributed by atoms with E-state index in [0.717, 1.165) is 11.4 Å². The van der Waals surface area contributed by atoms with Gasteiger partial charge in [-0.05, 0) is 155 Å². The SMILES string of the molecule is Cc1ccc(C2(c3ccc(C)cc3)c3ccccc3-c3cc4c(cc32)N(c2cccc3c(N5c6ccccc6Sc6cc7c(cc65)C(c5ccc(C)cc5)(c5ccc(C)cc5)c5ccccc5-7)cccc23)c2ccccc2S4)cc1. The Hall–Kier alpha value is -8.80. The molecule has 4 heteroatoms. The second kappa shape index (κ2) is 17.9. The van der Waals surface area contributed by atoms with Crippen LogP contribution < -0.4 is 9.80 Å². The van der Waals surface area contributed by atoms with Crippen LogP contribution in [0.4, 0.5) is 34.1 Å². The van der Waals surface area contributed by atoms with Crippen LogP contribution in [0.5, 0.6) is 0 Å². The molecule has 2 nitrogen and oxygen atoms in total. The average molecular weight is 1060 g/mol. The fraction of sp³-hybridized carbons (Fsp3) is 0.0789. The lowest BCUT2D eigenvalue weighted by Gasteiger charge is -2.38. The third kappa shape index (κ3) is 6.70. The van der Waals surface area contributed by atoms with Gasteiger partial charge in [-0.15, -0.1) is 0 Å². The van der Waals surface area contributed by atoms with Crippen LogP contribution in [0.25, 0.3) is 33.0 Å². The Kier molecular flexibility index (Phi) is 10.5. The number of para-hydroxylation sites is 2. The van der Waals surface area contributed by atoms with Crippen LogP contribution in [0.3, 0.4) is 0 Å². The minimum absolute atomic E-state index is 0.549. The van der Waals surface area contributed by atoms with Crippen LogP contribution in [0, 0.1) is 27.7 Å². The summed E-state index contributed by atoms with van der Waals surface area (Å²) < 4.78 is 0. The minimum Gasteiger partial charge on any atom is -0.308 e. The molecule has 2 aliphatic heterocycles. The van der Waals surface area contributed by atoms with Gasteiger partial charge in [0.05, 0.1) is 45.0 Å². The van der Waals surface area contributed by atoms with Crippen LogP contribution in [0.15, 0.2) is 274 Å². The third-order valence-corrected chi connectivity index (χ3v) is 19.9. The number of rotatable bonds is 6. The average Bonchev–Trinajstić information content (AvgIpc) is 3.99. The molecule has 4 aliphatic rings. The van der Waals surface area contributed by atoms with Crippen molar-refractivity contribution in [2.75, 3.05) is 9.80 Å². The highest BCUT2D eigenvalue weighted by atomic mass is 32.2. The fourth-order valence-corrected chi connectivity index (χ4v) is 16.2. The van der Waals surface area contributed by atoms with E-state index in [1.54, 1.807) is 0 Å². The summed E-state index contributed by atoms with van der Waals surface area (Å²) in [4.78, 5) is 10.1. The Morgan fingerprint density at radius 2 is 0.575 bits per heavy atom. The minimum atomic E-state index is -0.549. The Bertz CT molecular complexity index is 4140. The van der Waals surface area contributed by atoms with Gasteiger partial charge in [0, 0.05) is 30.4 Å². The normalized spacial score (nSPS) is 14.6. The predicted octanol–water partition coefficient (Wildman–Crippen LogP) is 20.7. The zero-order chi connectivity index (χ0) is 53.4. The Morgan fingerprint density at radius 1 is 0.250 bits per heavy atom.